The largest absolute Gasteiger partial charge is 0.459 e. The summed E-state index contributed by atoms with van der Waals surface area (Å²) in [6.07, 6.45) is -4.42. The molecule has 3 nitrogen and oxygen atoms in total. The molecule has 1 heterocycles. The zero-order valence-corrected chi connectivity index (χ0v) is 12.7. The molecule has 0 aliphatic carbocycles. The maximum absolute atomic E-state index is 12.5. The van der Waals surface area contributed by atoms with E-state index in [1.165, 1.54) is 0 Å². The molecule has 0 radical (unpaired) electrons. The van der Waals surface area contributed by atoms with Crippen LogP contribution in [0.5, 0.6) is 0 Å². The van der Waals surface area contributed by atoms with Gasteiger partial charge in [-0.3, -0.25) is 4.79 Å². The lowest BCUT2D eigenvalue weighted by atomic mass is 10.1. The fourth-order valence-corrected chi connectivity index (χ4v) is 2.38. The SMILES string of the molecule is C[C@H](NC(=O)c1ccc(C(F)(F)F)cc1)c1cc2ccccc2o1. The number of benzene rings is 2. The van der Waals surface area contributed by atoms with Crippen molar-refractivity contribution in [3.63, 3.8) is 0 Å². The van der Waals surface area contributed by atoms with Gasteiger partial charge in [-0.05, 0) is 43.3 Å². The second-order valence-corrected chi connectivity index (χ2v) is 5.46. The molecule has 24 heavy (non-hydrogen) atoms. The zero-order valence-electron chi connectivity index (χ0n) is 12.7. The zero-order chi connectivity index (χ0) is 17.3. The Morgan fingerprint density at radius 1 is 1.08 bits per heavy atom. The van der Waals surface area contributed by atoms with E-state index in [-0.39, 0.29) is 5.56 Å². The summed E-state index contributed by atoms with van der Waals surface area (Å²) in [6, 6.07) is 13.0. The predicted octanol–water partition coefficient (Wildman–Crippen LogP) is 4.94. The second kappa shape index (κ2) is 6.03. The average molecular weight is 333 g/mol. The Labute approximate surface area is 136 Å². The molecule has 0 bridgehead atoms. The molecule has 0 saturated carbocycles. The maximum Gasteiger partial charge on any atom is 0.416 e. The van der Waals surface area contributed by atoms with Gasteiger partial charge in [0.2, 0.25) is 0 Å². The lowest BCUT2D eigenvalue weighted by molar-refractivity contribution is -0.137. The summed E-state index contributed by atoms with van der Waals surface area (Å²) in [5.74, 6) is 0.119. The number of halogens is 3. The number of hydrogen-bond acceptors (Lipinski definition) is 2. The molecule has 124 valence electrons. The molecule has 3 aromatic rings. The van der Waals surface area contributed by atoms with Crippen molar-refractivity contribution in [2.24, 2.45) is 0 Å². The van der Waals surface area contributed by atoms with E-state index in [1.807, 2.05) is 30.3 Å². The van der Waals surface area contributed by atoms with Gasteiger partial charge in [0.1, 0.15) is 11.3 Å². The smallest absolute Gasteiger partial charge is 0.416 e. The molecule has 1 aromatic heterocycles. The summed E-state index contributed by atoms with van der Waals surface area (Å²) in [5.41, 5.74) is 0.0819. The van der Waals surface area contributed by atoms with Gasteiger partial charge in [0.25, 0.3) is 5.91 Å². The van der Waals surface area contributed by atoms with Crippen LogP contribution in [0.3, 0.4) is 0 Å². The summed E-state index contributed by atoms with van der Waals surface area (Å²) in [5, 5.41) is 3.64. The van der Waals surface area contributed by atoms with Gasteiger partial charge in [-0.2, -0.15) is 13.2 Å². The first-order chi connectivity index (χ1) is 11.3. The van der Waals surface area contributed by atoms with Crippen molar-refractivity contribution in [1.29, 1.82) is 0 Å². The summed E-state index contributed by atoms with van der Waals surface area (Å²) >= 11 is 0. The lowest BCUT2D eigenvalue weighted by Gasteiger charge is -2.12. The Kier molecular flexibility index (Phi) is 4.05. The van der Waals surface area contributed by atoms with E-state index < -0.39 is 23.7 Å². The summed E-state index contributed by atoms with van der Waals surface area (Å²) in [7, 11) is 0. The number of carbonyl (C=O) groups is 1. The van der Waals surface area contributed by atoms with E-state index in [1.54, 1.807) is 6.92 Å². The van der Waals surface area contributed by atoms with Crippen LogP contribution in [-0.2, 0) is 6.18 Å². The van der Waals surface area contributed by atoms with E-state index in [2.05, 4.69) is 5.32 Å². The Balaban J connectivity index is 1.74. The first-order valence-corrected chi connectivity index (χ1v) is 7.31. The third-order valence-corrected chi connectivity index (χ3v) is 3.69. The predicted molar refractivity (Wildman–Crippen MR) is 83.5 cm³/mol. The molecule has 0 fully saturated rings. The molecular weight excluding hydrogens is 319 g/mol. The first-order valence-electron chi connectivity index (χ1n) is 7.31. The minimum atomic E-state index is -4.42. The number of rotatable bonds is 3. The van der Waals surface area contributed by atoms with E-state index in [0.717, 1.165) is 29.7 Å². The van der Waals surface area contributed by atoms with Crippen LogP contribution < -0.4 is 5.32 Å². The number of hydrogen-bond donors (Lipinski definition) is 1. The molecule has 0 unspecified atom stereocenters. The van der Waals surface area contributed by atoms with Gasteiger partial charge in [0.15, 0.2) is 0 Å². The number of nitrogens with one attached hydrogen (secondary N) is 1. The van der Waals surface area contributed by atoms with Gasteiger partial charge in [-0.1, -0.05) is 18.2 Å². The molecule has 2 aromatic carbocycles. The van der Waals surface area contributed by atoms with E-state index in [4.69, 9.17) is 4.42 Å². The third kappa shape index (κ3) is 3.27. The van der Waals surface area contributed by atoms with Gasteiger partial charge in [-0.25, -0.2) is 0 Å². The number of furan rings is 1. The molecule has 1 N–H and O–H groups in total. The highest BCUT2D eigenvalue weighted by Gasteiger charge is 2.30. The highest BCUT2D eigenvalue weighted by Crippen LogP contribution is 2.29. The quantitative estimate of drug-likeness (QED) is 0.737. The number of amides is 1. The number of para-hydroxylation sites is 1. The molecule has 0 spiro atoms. The highest BCUT2D eigenvalue weighted by atomic mass is 19.4. The third-order valence-electron chi connectivity index (χ3n) is 3.69. The normalized spacial score (nSPS) is 13.0. The molecule has 3 rings (SSSR count). The van der Waals surface area contributed by atoms with Gasteiger partial charge < -0.3 is 9.73 Å². The summed E-state index contributed by atoms with van der Waals surface area (Å²) in [4.78, 5) is 12.2. The van der Waals surface area contributed by atoms with Crippen LogP contribution in [0.15, 0.2) is 59.0 Å². The van der Waals surface area contributed by atoms with Gasteiger partial charge in [-0.15, -0.1) is 0 Å². The molecule has 1 atom stereocenters. The molecule has 0 aliphatic rings. The van der Waals surface area contributed by atoms with Crippen LogP contribution in [0.2, 0.25) is 0 Å². The van der Waals surface area contributed by atoms with Crippen LogP contribution in [0.25, 0.3) is 11.0 Å². The average Bonchev–Trinajstić information content (AvgIpc) is 2.98. The molecule has 6 heteroatoms. The minimum Gasteiger partial charge on any atom is -0.459 e. The van der Waals surface area contributed by atoms with Crippen LogP contribution in [-0.4, -0.2) is 5.91 Å². The van der Waals surface area contributed by atoms with Gasteiger partial charge >= 0.3 is 6.18 Å². The van der Waals surface area contributed by atoms with Gasteiger partial charge in [0, 0.05) is 10.9 Å². The molecular formula is C18H14F3NO2. The van der Waals surface area contributed by atoms with Crippen molar-refractivity contribution in [2.45, 2.75) is 19.1 Å². The summed E-state index contributed by atoms with van der Waals surface area (Å²) in [6.45, 7) is 1.75. The lowest BCUT2D eigenvalue weighted by Crippen LogP contribution is -2.26. The fourth-order valence-electron chi connectivity index (χ4n) is 2.38. The van der Waals surface area contributed by atoms with Crippen LogP contribution in [0.1, 0.15) is 34.6 Å². The topological polar surface area (TPSA) is 42.2 Å². The van der Waals surface area contributed by atoms with E-state index in [9.17, 15) is 18.0 Å². The molecule has 0 saturated heterocycles. The van der Waals surface area contributed by atoms with Crippen molar-refractivity contribution < 1.29 is 22.4 Å². The Bertz CT molecular complexity index is 833. The standard InChI is InChI=1S/C18H14F3NO2/c1-11(16-10-13-4-2-3-5-15(13)24-16)22-17(23)12-6-8-14(9-7-12)18(19,20)21/h2-11H,1H3,(H,22,23)/t11-/m0/s1. The number of fused-ring (bicyclic) bond motifs is 1. The Morgan fingerprint density at radius 3 is 2.38 bits per heavy atom. The minimum absolute atomic E-state index is 0.158. The van der Waals surface area contributed by atoms with Crippen molar-refractivity contribution >= 4 is 16.9 Å². The Morgan fingerprint density at radius 2 is 1.75 bits per heavy atom. The van der Waals surface area contributed by atoms with Crippen LogP contribution in [0.4, 0.5) is 13.2 Å². The van der Waals surface area contributed by atoms with Crippen LogP contribution in [0, 0.1) is 0 Å². The van der Waals surface area contributed by atoms with Crippen LogP contribution >= 0.6 is 0 Å². The molecule has 1 amide bonds. The first kappa shape index (κ1) is 16.1. The van der Waals surface area contributed by atoms with E-state index in [0.29, 0.717) is 11.3 Å². The second-order valence-electron chi connectivity index (χ2n) is 5.46. The number of alkyl halides is 3. The van der Waals surface area contributed by atoms with Gasteiger partial charge in [0.05, 0.1) is 11.6 Å². The fraction of sp³-hybridized carbons (Fsp3) is 0.167. The summed E-state index contributed by atoms with van der Waals surface area (Å²) < 4.78 is 43.3. The number of carbonyl (C=O) groups excluding carboxylic acids is 1. The monoisotopic (exact) mass is 333 g/mol. The van der Waals surface area contributed by atoms with Crippen molar-refractivity contribution in [1.82, 2.24) is 5.32 Å². The van der Waals surface area contributed by atoms with Crippen molar-refractivity contribution in [3.8, 4) is 0 Å². The maximum atomic E-state index is 12.5. The van der Waals surface area contributed by atoms with E-state index >= 15 is 0 Å². The van der Waals surface area contributed by atoms with Crippen molar-refractivity contribution in [2.75, 3.05) is 0 Å². The highest BCUT2D eigenvalue weighted by molar-refractivity contribution is 5.94. The van der Waals surface area contributed by atoms with Crippen molar-refractivity contribution in [3.05, 3.63) is 71.5 Å². The Hall–Kier alpha value is -2.76. The molecule has 0 aliphatic heterocycles.